The molecule has 0 saturated carbocycles. The summed E-state index contributed by atoms with van der Waals surface area (Å²) in [5.41, 5.74) is 3.13. The molecule has 1 amide bonds. The Morgan fingerprint density at radius 1 is 1.12 bits per heavy atom. The summed E-state index contributed by atoms with van der Waals surface area (Å²) in [6, 6.07) is 16.0. The second-order valence-electron chi connectivity index (χ2n) is 6.40. The lowest BCUT2D eigenvalue weighted by atomic mass is 9.93. The van der Waals surface area contributed by atoms with Gasteiger partial charge in [0, 0.05) is 18.0 Å². The van der Waals surface area contributed by atoms with Gasteiger partial charge in [-0.15, -0.1) is 6.58 Å². The van der Waals surface area contributed by atoms with Crippen LogP contribution in [0.1, 0.15) is 18.1 Å². The van der Waals surface area contributed by atoms with Gasteiger partial charge in [0.1, 0.15) is 0 Å². The van der Waals surface area contributed by atoms with Crippen molar-refractivity contribution in [1.29, 1.82) is 0 Å². The van der Waals surface area contributed by atoms with Gasteiger partial charge in [0.2, 0.25) is 0 Å². The third kappa shape index (κ3) is 3.10. The van der Waals surface area contributed by atoms with E-state index in [2.05, 4.69) is 6.58 Å². The van der Waals surface area contributed by atoms with Crippen molar-refractivity contribution in [2.75, 3.05) is 6.54 Å². The molecule has 0 bridgehead atoms. The van der Waals surface area contributed by atoms with Crippen LogP contribution in [0.5, 0.6) is 0 Å². The van der Waals surface area contributed by atoms with Crippen molar-refractivity contribution in [3.8, 4) is 0 Å². The molecule has 3 rings (SSSR count). The summed E-state index contributed by atoms with van der Waals surface area (Å²) >= 11 is 0. The fourth-order valence-corrected chi connectivity index (χ4v) is 4.57. The third-order valence-corrected chi connectivity index (χ3v) is 6.46. The highest BCUT2D eigenvalue weighted by molar-refractivity contribution is 7.89. The molecule has 134 valence electrons. The van der Waals surface area contributed by atoms with Crippen LogP contribution in [-0.2, 0) is 14.8 Å². The molecule has 4 nitrogen and oxygen atoms in total. The summed E-state index contributed by atoms with van der Waals surface area (Å²) in [5.74, 6) is -0.806. The fraction of sp³-hybridized carbons (Fsp3) is 0.190. The number of carbonyl (C=O) groups is 1. The maximum absolute atomic E-state index is 13.0. The van der Waals surface area contributed by atoms with Gasteiger partial charge >= 0.3 is 0 Å². The molecule has 1 aliphatic heterocycles. The van der Waals surface area contributed by atoms with Crippen LogP contribution in [0.25, 0.3) is 5.57 Å². The van der Waals surface area contributed by atoms with Gasteiger partial charge < -0.3 is 0 Å². The SMILES string of the molecule is C=CC1CN(S(=O)(=O)c2ccc(C)cc2)C(=O)/C1=C(\C)c1ccccc1. The van der Waals surface area contributed by atoms with Crippen molar-refractivity contribution in [2.45, 2.75) is 18.7 Å². The molecule has 1 unspecified atom stereocenters. The fourth-order valence-electron chi connectivity index (χ4n) is 3.17. The first kappa shape index (κ1) is 18.1. The summed E-state index contributed by atoms with van der Waals surface area (Å²) in [5, 5.41) is 0. The first-order chi connectivity index (χ1) is 12.4. The molecule has 1 atom stereocenters. The molecule has 0 N–H and O–H groups in total. The second kappa shape index (κ2) is 6.92. The van der Waals surface area contributed by atoms with Crippen LogP contribution < -0.4 is 0 Å². The van der Waals surface area contributed by atoms with Crippen molar-refractivity contribution >= 4 is 21.5 Å². The van der Waals surface area contributed by atoms with Crippen molar-refractivity contribution in [1.82, 2.24) is 4.31 Å². The number of sulfonamides is 1. The van der Waals surface area contributed by atoms with Gasteiger partial charge in [0.05, 0.1) is 4.90 Å². The van der Waals surface area contributed by atoms with Crippen LogP contribution in [-0.4, -0.2) is 25.2 Å². The zero-order valence-corrected chi connectivity index (χ0v) is 15.7. The first-order valence-electron chi connectivity index (χ1n) is 8.38. The average Bonchev–Trinajstić information content (AvgIpc) is 2.99. The number of carbonyl (C=O) groups excluding carboxylic acids is 1. The molecule has 2 aromatic rings. The number of aryl methyl sites for hydroxylation is 1. The van der Waals surface area contributed by atoms with E-state index >= 15 is 0 Å². The van der Waals surface area contributed by atoms with E-state index in [-0.39, 0.29) is 17.4 Å². The zero-order chi connectivity index (χ0) is 18.9. The van der Waals surface area contributed by atoms with E-state index in [0.717, 1.165) is 21.0 Å². The topological polar surface area (TPSA) is 54.5 Å². The predicted octanol–water partition coefficient (Wildman–Crippen LogP) is 3.80. The Morgan fingerprint density at radius 3 is 2.31 bits per heavy atom. The Hall–Kier alpha value is -2.66. The highest BCUT2D eigenvalue weighted by Crippen LogP contribution is 2.35. The zero-order valence-electron chi connectivity index (χ0n) is 14.8. The smallest absolute Gasteiger partial charge is 0.266 e. The van der Waals surface area contributed by atoms with E-state index in [1.165, 1.54) is 12.1 Å². The molecular formula is C21H21NO3S. The summed E-state index contributed by atoms with van der Waals surface area (Å²) in [7, 11) is -3.89. The van der Waals surface area contributed by atoms with Gasteiger partial charge in [-0.25, -0.2) is 12.7 Å². The van der Waals surface area contributed by atoms with Crippen molar-refractivity contribution < 1.29 is 13.2 Å². The molecule has 1 aliphatic rings. The summed E-state index contributed by atoms with van der Waals surface area (Å²) < 4.78 is 26.9. The van der Waals surface area contributed by atoms with E-state index in [0.29, 0.717) is 5.57 Å². The van der Waals surface area contributed by atoms with Gasteiger partial charge in [0.25, 0.3) is 15.9 Å². The summed E-state index contributed by atoms with van der Waals surface area (Å²) in [6.45, 7) is 7.61. The highest BCUT2D eigenvalue weighted by Gasteiger charge is 2.42. The van der Waals surface area contributed by atoms with Crippen LogP contribution in [0, 0.1) is 12.8 Å². The first-order valence-corrected chi connectivity index (χ1v) is 9.82. The normalized spacial score (nSPS) is 19.5. The molecule has 0 aromatic heterocycles. The average molecular weight is 367 g/mol. The Labute approximate surface area is 154 Å². The monoisotopic (exact) mass is 367 g/mol. The lowest BCUT2D eigenvalue weighted by Gasteiger charge is -2.16. The molecule has 1 fully saturated rings. The van der Waals surface area contributed by atoms with Gasteiger partial charge in [-0.1, -0.05) is 54.1 Å². The molecule has 2 aromatic carbocycles. The minimum atomic E-state index is -3.89. The van der Waals surface area contributed by atoms with Crippen molar-refractivity contribution in [3.05, 3.63) is 84.0 Å². The number of allylic oxidation sites excluding steroid dienone is 1. The molecule has 26 heavy (non-hydrogen) atoms. The number of benzene rings is 2. The standard InChI is InChI=1S/C21H21NO3S/c1-4-17-14-22(26(24,25)19-12-10-15(2)11-13-19)21(23)20(17)16(3)18-8-6-5-7-9-18/h4-13,17H,1,14H2,2-3H3/b20-16+. The molecule has 1 saturated heterocycles. The number of amides is 1. The van der Waals surface area contributed by atoms with Crippen LogP contribution >= 0.6 is 0 Å². The maximum Gasteiger partial charge on any atom is 0.266 e. The predicted molar refractivity (Wildman–Crippen MR) is 103 cm³/mol. The molecule has 0 aliphatic carbocycles. The van der Waals surface area contributed by atoms with Crippen molar-refractivity contribution in [3.63, 3.8) is 0 Å². The largest absolute Gasteiger partial charge is 0.268 e. The van der Waals surface area contributed by atoms with Crippen LogP contribution in [0.2, 0.25) is 0 Å². The third-order valence-electron chi connectivity index (χ3n) is 4.69. The maximum atomic E-state index is 13.0. The van der Waals surface area contributed by atoms with Crippen molar-refractivity contribution in [2.24, 2.45) is 5.92 Å². The second-order valence-corrected chi connectivity index (χ2v) is 8.26. The molecule has 0 spiro atoms. The minimum absolute atomic E-state index is 0.0814. The van der Waals surface area contributed by atoms with Crippen LogP contribution in [0.15, 0.2) is 77.7 Å². The number of rotatable bonds is 4. The van der Waals surface area contributed by atoms with E-state index in [1.807, 2.05) is 44.2 Å². The lowest BCUT2D eigenvalue weighted by molar-refractivity contribution is -0.120. The number of hydrogen-bond acceptors (Lipinski definition) is 3. The van der Waals surface area contributed by atoms with E-state index in [9.17, 15) is 13.2 Å². The molecule has 5 heteroatoms. The van der Waals surface area contributed by atoms with E-state index in [4.69, 9.17) is 0 Å². The highest BCUT2D eigenvalue weighted by atomic mass is 32.2. The van der Waals surface area contributed by atoms with Gasteiger partial charge in [-0.2, -0.15) is 0 Å². The van der Waals surface area contributed by atoms with E-state index in [1.54, 1.807) is 18.2 Å². The molecule has 0 radical (unpaired) electrons. The van der Waals surface area contributed by atoms with Crippen LogP contribution in [0.4, 0.5) is 0 Å². The van der Waals surface area contributed by atoms with Crippen LogP contribution in [0.3, 0.4) is 0 Å². The quantitative estimate of drug-likeness (QED) is 0.610. The lowest BCUT2D eigenvalue weighted by Crippen LogP contribution is -2.32. The Morgan fingerprint density at radius 2 is 1.73 bits per heavy atom. The van der Waals surface area contributed by atoms with Gasteiger partial charge in [-0.05, 0) is 37.1 Å². The van der Waals surface area contributed by atoms with Gasteiger partial charge in [-0.3, -0.25) is 4.79 Å². The Balaban J connectivity index is 2.06. The molecule has 1 heterocycles. The summed E-state index contributed by atoms with van der Waals surface area (Å²) in [4.78, 5) is 13.1. The van der Waals surface area contributed by atoms with Gasteiger partial charge in [0.15, 0.2) is 0 Å². The Kier molecular flexibility index (Phi) is 4.83. The number of nitrogens with zero attached hydrogens (tertiary/aromatic N) is 1. The summed E-state index contributed by atoms with van der Waals surface area (Å²) in [6.07, 6.45) is 1.64. The Bertz CT molecular complexity index is 974. The minimum Gasteiger partial charge on any atom is -0.268 e. The van der Waals surface area contributed by atoms with E-state index < -0.39 is 15.9 Å². The number of hydrogen-bond donors (Lipinski definition) is 0. The molecular weight excluding hydrogens is 346 g/mol.